The van der Waals surface area contributed by atoms with Crippen molar-refractivity contribution in [3.8, 4) is 16.5 Å². The molecule has 0 saturated carbocycles. The molecule has 0 aliphatic carbocycles. The van der Waals surface area contributed by atoms with Gasteiger partial charge in [-0.25, -0.2) is 0 Å². The van der Waals surface area contributed by atoms with Crippen LogP contribution in [-0.2, 0) is 6.54 Å². The summed E-state index contributed by atoms with van der Waals surface area (Å²) in [6.45, 7) is 4.07. The van der Waals surface area contributed by atoms with Crippen molar-refractivity contribution < 1.29 is 0 Å². The summed E-state index contributed by atoms with van der Waals surface area (Å²) in [6, 6.07) is 14.5. The van der Waals surface area contributed by atoms with E-state index in [0.717, 1.165) is 24.4 Å². The lowest BCUT2D eigenvalue weighted by Gasteiger charge is -2.08. The monoisotopic (exact) mass is 256 g/mol. The molecule has 1 heterocycles. The number of thiophene rings is 1. The molecular weight excluding hydrogens is 240 g/mol. The Labute approximate surface area is 112 Å². The maximum Gasteiger partial charge on any atom is 0.110 e. The smallest absolute Gasteiger partial charge is 0.110 e. The highest BCUT2D eigenvalue weighted by molar-refractivity contribution is 7.16. The van der Waals surface area contributed by atoms with Crippen LogP contribution in [0.1, 0.15) is 23.8 Å². The first-order valence-corrected chi connectivity index (χ1v) is 6.95. The molecule has 0 spiro atoms. The summed E-state index contributed by atoms with van der Waals surface area (Å²) in [7, 11) is 0. The van der Waals surface area contributed by atoms with Crippen LogP contribution in [0, 0.1) is 11.3 Å². The zero-order valence-corrected chi connectivity index (χ0v) is 11.3. The van der Waals surface area contributed by atoms with Crippen molar-refractivity contribution in [3.63, 3.8) is 0 Å². The van der Waals surface area contributed by atoms with E-state index in [4.69, 9.17) is 5.26 Å². The topological polar surface area (TPSA) is 35.8 Å². The molecule has 0 bridgehead atoms. The molecule has 0 aliphatic heterocycles. The van der Waals surface area contributed by atoms with Crippen LogP contribution in [0.25, 0.3) is 10.4 Å². The Hall–Kier alpha value is -1.63. The van der Waals surface area contributed by atoms with Crippen molar-refractivity contribution in [2.45, 2.75) is 19.9 Å². The Morgan fingerprint density at radius 3 is 2.78 bits per heavy atom. The fourth-order valence-electron chi connectivity index (χ4n) is 1.86. The van der Waals surface area contributed by atoms with Gasteiger partial charge in [-0.15, -0.1) is 11.3 Å². The normalized spacial score (nSPS) is 10.2. The Bertz CT molecular complexity index is 552. The Morgan fingerprint density at radius 1 is 1.22 bits per heavy atom. The number of hydrogen-bond acceptors (Lipinski definition) is 3. The van der Waals surface area contributed by atoms with E-state index in [1.54, 1.807) is 11.3 Å². The molecule has 3 heteroatoms. The first-order valence-electron chi connectivity index (χ1n) is 6.14. The van der Waals surface area contributed by atoms with Crippen LogP contribution in [-0.4, -0.2) is 6.54 Å². The molecule has 2 aromatic rings. The molecule has 2 rings (SSSR count). The van der Waals surface area contributed by atoms with Crippen LogP contribution in [0.5, 0.6) is 0 Å². The van der Waals surface area contributed by atoms with E-state index in [-0.39, 0.29) is 0 Å². The fourth-order valence-corrected chi connectivity index (χ4v) is 2.72. The van der Waals surface area contributed by atoms with Crippen LogP contribution in [0.4, 0.5) is 0 Å². The quantitative estimate of drug-likeness (QED) is 0.826. The van der Waals surface area contributed by atoms with E-state index in [2.05, 4.69) is 36.5 Å². The van der Waals surface area contributed by atoms with Crippen LogP contribution in [0.2, 0.25) is 0 Å². The maximum atomic E-state index is 8.89. The zero-order valence-electron chi connectivity index (χ0n) is 10.4. The third kappa shape index (κ3) is 2.98. The van der Waals surface area contributed by atoms with E-state index in [1.807, 2.05) is 18.2 Å². The van der Waals surface area contributed by atoms with Gasteiger partial charge in [-0.2, -0.15) is 5.26 Å². The highest BCUT2D eigenvalue weighted by Gasteiger charge is 2.07. The van der Waals surface area contributed by atoms with E-state index < -0.39 is 0 Å². The molecule has 18 heavy (non-hydrogen) atoms. The van der Waals surface area contributed by atoms with Crippen molar-refractivity contribution in [1.29, 1.82) is 5.26 Å². The number of benzene rings is 1. The van der Waals surface area contributed by atoms with Crippen LogP contribution >= 0.6 is 11.3 Å². The molecule has 0 fully saturated rings. The van der Waals surface area contributed by atoms with Gasteiger partial charge in [0.2, 0.25) is 0 Å². The molecule has 0 radical (unpaired) electrons. The van der Waals surface area contributed by atoms with Crippen molar-refractivity contribution in [3.05, 3.63) is 46.8 Å². The fraction of sp³-hybridized carbons (Fsp3) is 0.267. The largest absolute Gasteiger partial charge is 0.313 e. The molecule has 1 N–H and O–H groups in total. The highest BCUT2D eigenvalue weighted by atomic mass is 32.1. The Balaban J connectivity index is 2.24. The molecule has 92 valence electrons. The lowest BCUT2D eigenvalue weighted by molar-refractivity contribution is 0.676. The Morgan fingerprint density at radius 2 is 2.06 bits per heavy atom. The molecule has 1 aromatic carbocycles. The number of nitrogens with one attached hydrogen (secondary N) is 1. The van der Waals surface area contributed by atoms with Gasteiger partial charge in [0.25, 0.3) is 0 Å². The van der Waals surface area contributed by atoms with Gasteiger partial charge in [0.15, 0.2) is 0 Å². The Kier molecular flexibility index (Phi) is 4.52. The van der Waals surface area contributed by atoms with Crippen LogP contribution in [0.3, 0.4) is 0 Å². The van der Waals surface area contributed by atoms with Gasteiger partial charge >= 0.3 is 0 Å². The average molecular weight is 256 g/mol. The second-order valence-electron chi connectivity index (χ2n) is 4.11. The predicted octanol–water partition coefficient (Wildman–Crippen LogP) is 3.79. The lowest BCUT2D eigenvalue weighted by Crippen LogP contribution is -2.14. The summed E-state index contributed by atoms with van der Waals surface area (Å²) in [4.78, 5) is 1.93. The van der Waals surface area contributed by atoms with Crippen LogP contribution in [0.15, 0.2) is 36.4 Å². The summed E-state index contributed by atoms with van der Waals surface area (Å²) < 4.78 is 0. The third-order valence-electron chi connectivity index (χ3n) is 2.74. The first kappa shape index (κ1) is 12.8. The summed E-state index contributed by atoms with van der Waals surface area (Å²) in [5.74, 6) is 0. The van der Waals surface area contributed by atoms with Gasteiger partial charge in [-0.05, 0) is 36.2 Å². The van der Waals surface area contributed by atoms with E-state index in [0.29, 0.717) is 0 Å². The SMILES string of the molecule is CCCNCc1ccccc1-c1ccc(C#N)s1. The molecule has 0 aliphatic rings. The summed E-state index contributed by atoms with van der Waals surface area (Å²) in [6.07, 6.45) is 1.14. The first-order chi connectivity index (χ1) is 8.85. The van der Waals surface area contributed by atoms with Crippen LogP contribution < -0.4 is 5.32 Å². The van der Waals surface area contributed by atoms with Gasteiger partial charge in [0, 0.05) is 11.4 Å². The number of hydrogen-bond donors (Lipinski definition) is 1. The molecule has 0 amide bonds. The number of rotatable bonds is 5. The molecule has 0 atom stereocenters. The van der Waals surface area contributed by atoms with Gasteiger partial charge in [-0.3, -0.25) is 0 Å². The van der Waals surface area contributed by atoms with E-state index in [1.165, 1.54) is 16.0 Å². The standard InChI is InChI=1S/C15H16N2S/c1-2-9-17-11-12-5-3-4-6-14(12)15-8-7-13(10-16)18-15/h3-8,17H,2,9,11H2,1H3. The summed E-state index contributed by atoms with van der Waals surface area (Å²) in [5.41, 5.74) is 2.52. The molecule has 0 unspecified atom stereocenters. The lowest BCUT2D eigenvalue weighted by atomic mass is 10.1. The minimum absolute atomic E-state index is 0.765. The number of nitrogens with zero attached hydrogens (tertiary/aromatic N) is 1. The van der Waals surface area contributed by atoms with Gasteiger partial charge in [-0.1, -0.05) is 31.2 Å². The predicted molar refractivity (Wildman–Crippen MR) is 76.5 cm³/mol. The summed E-state index contributed by atoms with van der Waals surface area (Å²) in [5, 5.41) is 12.3. The third-order valence-corrected chi connectivity index (χ3v) is 3.76. The zero-order chi connectivity index (χ0) is 12.8. The van der Waals surface area contributed by atoms with Crippen molar-refractivity contribution in [2.75, 3.05) is 6.54 Å². The van der Waals surface area contributed by atoms with Gasteiger partial charge < -0.3 is 5.32 Å². The molecular formula is C15H16N2S. The van der Waals surface area contributed by atoms with Crippen molar-refractivity contribution >= 4 is 11.3 Å². The van der Waals surface area contributed by atoms with E-state index >= 15 is 0 Å². The molecule has 1 aromatic heterocycles. The number of nitriles is 1. The van der Waals surface area contributed by atoms with Gasteiger partial charge in [0.1, 0.15) is 10.9 Å². The second kappa shape index (κ2) is 6.34. The minimum atomic E-state index is 0.765. The van der Waals surface area contributed by atoms with Crippen molar-refractivity contribution in [1.82, 2.24) is 5.32 Å². The molecule has 2 nitrogen and oxygen atoms in total. The van der Waals surface area contributed by atoms with Gasteiger partial charge in [0.05, 0.1) is 0 Å². The average Bonchev–Trinajstić information content (AvgIpc) is 2.88. The van der Waals surface area contributed by atoms with Crippen molar-refractivity contribution in [2.24, 2.45) is 0 Å². The second-order valence-corrected chi connectivity index (χ2v) is 5.19. The van der Waals surface area contributed by atoms with E-state index in [9.17, 15) is 0 Å². The molecule has 0 saturated heterocycles. The minimum Gasteiger partial charge on any atom is -0.313 e. The highest BCUT2D eigenvalue weighted by Crippen LogP contribution is 2.30. The maximum absolute atomic E-state index is 8.89. The summed E-state index contributed by atoms with van der Waals surface area (Å²) >= 11 is 1.55.